The summed E-state index contributed by atoms with van der Waals surface area (Å²) >= 11 is 0. The van der Waals surface area contributed by atoms with E-state index in [9.17, 15) is 18.0 Å². The van der Waals surface area contributed by atoms with Gasteiger partial charge in [-0.25, -0.2) is 27.8 Å². The van der Waals surface area contributed by atoms with E-state index in [1.54, 1.807) is 44.1 Å². The van der Waals surface area contributed by atoms with E-state index in [1.807, 2.05) is 0 Å². The van der Waals surface area contributed by atoms with Crippen LogP contribution in [0.25, 0.3) is 44.4 Å². The second-order valence-electron chi connectivity index (χ2n) is 9.78. The summed E-state index contributed by atoms with van der Waals surface area (Å²) in [6, 6.07) is 13.3. The summed E-state index contributed by atoms with van der Waals surface area (Å²) in [7, 11) is 3.46. The van der Waals surface area contributed by atoms with Gasteiger partial charge in [0.1, 0.15) is 58.1 Å². The van der Waals surface area contributed by atoms with Gasteiger partial charge in [-0.2, -0.15) is 5.10 Å². The van der Waals surface area contributed by atoms with Crippen molar-refractivity contribution in [3.8, 4) is 22.4 Å². The average molecular weight is 557 g/mol. The summed E-state index contributed by atoms with van der Waals surface area (Å²) < 4.78 is 51.7. The first-order chi connectivity index (χ1) is 19.7. The van der Waals surface area contributed by atoms with E-state index < -0.39 is 28.9 Å². The molecular formula is C30H23F3N6O2. The smallest absolute Gasteiger partial charge is 0.203 e. The second kappa shape index (κ2) is 9.77. The number of nitrogens with zero attached hydrogens (tertiary/aromatic N) is 5. The van der Waals surface area contributed by atoms with Crippen LogP contribution in [0.1, 0.15) is 18.7 Å². The third kappa shape index (κ3) is 4.26. The zero-order valence-corrected chi connectivity index (χ0v) is 22.2. The molecule has 41 heavy (non-hydrogen) atoms. The van der Waals surface area contributed by atoms with Crippen molar-refractivity contribution in [3.05, 3.63) is 100 Å². The van der Waals surface area contributed by atoms with E-state index in [1.165, 1.54) is 47.4 Å². The highest BCUT2D eigenvalue weighted by Gasteiger charge is 2.28. The molecule has 1 unspecified atom stereocenters. The molecule has 2 N–H and O–H groups in total. The van der Waals surface area contributed by atoms with E-state index in [0.717, 1.165) is 6.07 Å². The maximum absolute atomic E-state index is 15.0. The van der Waals surface area contributed by atoms with Gasteiger partial charge in [-0.1, -0.05) is 24.3 Å². The molecule has 0 aliphatic rings. The van der Waals surface area contributed by atoms with Gasteiger partial charge in [0.25, 0.3) is 0 Å². The van der Waals surface area contributed by atoms with Crippen molar-refractivity contribution >= 4 is 33.5 Å². The van der Waals surface area contributed by atoms with E-state index in [4.69, 9.17) is 15.2 Å². The number of hydrogen-bond donors (Lipinski definition) is 1. The molecule has 6 rings (SSSR count). The van der Waals surface area contributed by atoms with Crippen LogP contribution >= 0.6 is 0 Å². The lowest BCUT2D eigenvalue weighted by atomic mass is 9.99. The fourth-order valence-electron chi connectivity index (χ4n) is 5.02. The number of benzene rings is 3. The molecule has 8 nitrogen and oxygen atoms in total. The van der Waals surface area contributed by atoms with Gasteiger partial charge in [0, 0.05) is 19.7 Å². The van der Waals surface area contributed by atoms with Crippen molar-refractivity contribution in [3.63, 3.8) is 0 Å². The topological polar surface area (TPSA) is 103 Å². The van der Waals surface area contributed by atoms with Crippen LogP contribution in [0.5, 0.6) is 0 Å². The minimum atomic E-state index is -0.829. The molecule has 3 aromatic heterocycles. The summed E-state index contributed by atoms with van der Waals surface area (Å²) in [6.07, 6.45) is 1.27. The fourth-order valence-corrected chi connectivity index (χ4v) is 5.02. The highest BCUT2D eigenvalue weighted by Crippen LogP contribution is 2.37. The molecular weight excluding hydrogens is 533 g/mol. The van der Waals surface area contributed by atoms with Gasteiger partial charge < -0.3 is 15.1 Å². The van der Waals surface area contributed by atoms with Gasteiger partial charge in [0.15, 0.2) is 5.65 Å². The number of fused-ring (bicyclic) bond motifs is 2. The molecule has 0 aliphatic carbocycles. The first kappa shape index (κ1) is 26.1. The lowest BCUT2D eigenvalue weighted by Crippen LogP contribution is -2.17. The summed E-state index contributed by atoms with van der Waals surface area (Å²) in [6.45, 7) is 1.70. The highest BCUT2D eigenvalue weighted by molar-refractivity contribution is 5.98. The fraction of sp³-hybridized carbons (Fsp3) is 0.133. The molecule has 206 valence electrons. The number of nitrogen functional groups attached to an aromatic ring is 1. The molecule has 0 amide bonds. The van der Waals surface area contributed by atoms with Gasteiger partial charge in [-0.05, 0) is 48.9 Å². The standard InChI is InChI=1S/C30H23F3N6O2/c1-15(28-23(16-6-4-7-18(31)12-16)27(40)24-19(32)8-5-9-22(24)41-28)39-30-25(29(34)35-14-36-30)26(37-39)17-10-11-21(38(2)3)20(33)13-17/h4-15H,1-3H3,(H2,34,35,36). The van der Waals surface area contributed by atoms with Gasteiger partial charge >= 0.3 is 0 Å². The summed E-state index contributed by atoms with van der Waals surface area (Å²) in [4.78, 5) is 23.9. The van der Waals surface area contributed by atoms with Gasteiger partial charge in [-0.15, -0.1) is 0 Å². The molecule has 11 heteroatoms. The maximum Gasteiger partial charge on any atom is 0.203 e. The first-order valence-corrected chi connectivity index (χ1v) is 12.6. The van der Waals surface area contributed by atoms with Crippen LogP contribution in [-0.2, 0) is 0 Å². The van der Waals surface area contributed by atoms with Crippen LogP contribution in [0.2, 0.25) is 0 Å². The highest BCUT2D eigenvalue weighted by atomic mass is 19.1. The van der Waals surface area contributed by atoms with Crippen molar-refractivity contribution in [2.45, 2.75) is 13.0 Å². The predicted molar refractivity (Wildman–Crippen MR) is 151 cm³/mol. The van der Waals surface area contributed by atoms with Crippen LogP contribution in [0.3, 0.4) is 0 Å². The largest absolute Gasteiger partial charge is 0.458 e. The molecule has 0 fully saturated rings. The third-order valence-corrected chi connectivity index (χ3v) is 6.98. The van der Waals surface area contributed by atoms with Gasteiger partial charge in [0.05, 0.1) is 16.6 Å². The molecule has 0 bridgehead atoms. The van der Waals surface area contributed by atoms with Crippen LogP contribution < -0.4 is 16.1 Å². The Bertz CT molecular complexity index is 2040. The van der Waals surface area contributed by atoms with Crippen molar-refractivity contribution in [2.75, 3.05) is 24.7 Å². The molecule has 3 aromatic carbocycles. The lowest BCUT2D eigenvalue weighted by Gasteiger charge is -2.17. The van der Waals surface area contributed by atoms with Crippen molar-refractivity contribution in [2.24, 2.45) is 0 Å². The monoisotopic (exact) mass is 556 g/mol. The number of nitrogens with two attached hydrogens (primary N) is 1. The van der Waals surface area contributed by atoms with Crippen LogP contribution in [0, 0.1) is 17.5 Å². The Balaban J connectivity index is 1.63. The van der Waals surface area contributed by atoms with Crippen LogP contribution in [-0.4, -0.2) is 33.8 Å². The summed E-state index contributed by atoms with van der Waals surface area (Å²) in [5.74, 6) is -1.59. The maximum atomic E-state index is 15.0. The number of anilines is 2. The Morgan fingerprint density at radius 1 is 0.927 bits per heavy atom. The lowest BCUT2D eigenvalue weighted by molar-refractivity contribution is 0.445. The molecule has 0 aliphatic heterocycles. The Labute approximate surface area is 231 Å². The predicted octanol–water partition coefficient (Wildman–Crippen LogP) is 5.94. The minimum absolute atomic E-state index is 0.0178. The van der Waals surface area contributed by atoms with Crippen molar-refractivity contribution < 1.29 is 17.6 Å². The van der Waals surface area contributed by atoms with Crippen molar-refractivity contribution in [1.82, 2.24) is 19.7 Å². The molecule has 6 aromatic rings. The molecule has 1 atom stereocenters. The SMILES string of the molecule is CC(c1oc2cccc(F)c2c(=O)c1-c1cccc(F)c1)n1nc(-c2ccc(N(C)C)c(F)c2)c2c(N)ncnc21. The van der Waals surface area contributed by atoms with Gasteiger partial charge in [0.2, 0.25) is 5.43 Å². The molecule has 0 saturated carbocycles. The average Bonchev–Trinajstić information content (AvgIpc) is 3.33. The number of hydrogen-bond acceptors (Lipinski definition) is 7. The zero-order valence-electron chi connectivity index (χ0n) is 22.2. The Kier molecular flexibility index (Phi) is 6.21. The Hall–Kier alpha value is -5.19. The Morgan fingerprint density at radius 2 is 1.71 bits per heavy atom. The van der Waals surface area contributed by atoms with Crippen molar-refractivity contribution in [1.29, 1.82) is 0 Å². The van der Waals surface area contributed by atoms with Crippen LogP contribution in [0.4, 0.5) is 24.7 Å². The quantitative estimate of drug-likeness (QED) is 0.280. The molecule has 0 saturated heterocycles. The third-order valence-electron chi connectivity index (χ3n) is 6.98. The normalized spacial score (nSPS) is 12.2. The first-order valence-electron chi connectivity index (χ1n) is 12.6. The molecule has 0 spiro atoms. The number of halogens is 3. The number of aromatic nitrogens is 4. The summed E-state index contributed by atoms with van der Waals surface area (Å²) in [5, 5.41) is 4.86. The summed E-state index contributed by atoms with van der Waals surface area (Å²) in [5.41, 5.74) is 7.22. The van der Waals surface area contributed by atoms with Crippen LogP contribution in [0.15, 0.2) is 76.2 Å². The van der Waals surface area contributed by atoms with E-state index >= 15 is 0 Å². The van der Waals surface area contributed by atoms with E-state index in [2.05, 4.69) is 9.97 Å². The molecule has 0 radical (unpaired) electrons. The van der Waals surface area contributed by atoms with E-state index in [0.29, 0.717) is 28.0 Å². The second-order valence-corrected chi connectivity index (χ2v) is 9.78. The van der Waals surface area contributed by atoms with E-state index in [-0.39, 0.29) is 33.7 Å². The Morgan fingerprint density at radius 3 is 2.44 bits per heavy atom. The number of rotatable bonds is 5. The zero-order chi connectivity index (χ0) is 29.0. The minimum Gasteiger partial charge on any atom is -0.458 e. The van der Waals surface area contributed by atoms with Gasteiger partial charge in [-0.3, -0.25) is 4.79 Å². The molecule has 3 heterocycles.